The van der Waals surface area contributed by atoms with Crippen LogP contribution in [0.1, 0.15) is 30.4 Å². The molecule has 1 aliphatic rings. The van der Waals surface area contributed by atoms with E-state index in [1.807, 2.05) is 32.0 Å². The fourth-order valence-corrected chi connectivity index (χ4v) is 7.90. The van der Waals surface area contributed by atoms with Crippen LogP contribution in [-0.4, -0.2) is 68.3 Å². The zero-order valence-corrected chi connectivity index (χ0v) is 21.9. The van der Waals surface area contributed by atoms with Gasteiger partial charge < -0.3 is 4.90 Å². The molecule has 0 radical (unpaired) electrons. The molecule has 1 aliphatic heterocycles. The predicted octanol–water partition coefficient (Wildman–Crippen LogP) is 4.11. The highest BCUT2D eigenvalue weighted by Crippen LogP contribution is 2.34. The molecule has 2 aromatic heterocycles. The topological polar surface area (TPSA) is 73.8 Å². The number of likely N-dealkylation sites (N-methyl/N-ethyl adjacent to an activating group) is 1. The Balaban J connectivity index is 1.72. The van der Waals surface area contributed by atoms with E-state index in [0.29, 0.717) is 31.2 Å². The van der Waals surface area contributed by atoms with Crippen LogP contribution >= 0.6 is 22.7 Å². The number of benzene rings is 1. The van der Waals surface area contributed by atoms with Gasteiger partial charge in [0.1, 0.15) is 10.3 Å². The van der Waals surface area contributed by atoms with E-state index in [1.165, 1.54) is 27.0 Å². The standard InChI is InChI=1S/C23H30N4O3S3/c1-16-10-11-19-21(17(16)2)24-23(32-19)26(14-13-25(3)4)22(28)18-8-5-6-12-27(18)33(29,30)20-9-7-15-31-20/h7,9-11,15,18H,5-6,8,12-14H2,1-4H3. The van der Waals surface area contributed by atoms with Gasteiger partial charge in [-0.2, -0.15) is 4.31 Å². The van der Waals surface area contributed by atoms with Crippen LogP contribution in [0.5, 0.6) is 0 Å². The predicted molar refractivity (Wildman–Crippen MR) is 136 cm³/mol. The highest BCUT2D eigenvalue weighted by Gasteiger charge is 2.40. The fourth-order valence-electron chi connectivity index (χ4n) is 4.08. The van der Waals surface area contributed by atoms with Crippen molar-refractivity contribution in [3.8, 4) is 0 Å². The Bertz CT molecular complexity index is 1240. The number of hydrogen-bond acceptors (Lipinski definition) is 7. The third-order valence-electron chi connectivity index (χ3n) is 6.14. The zero-order valence-electron chi connectivity index (χ0n) is 19.4. The number of anilines is 1. The van der Waals surface area contributed by atoms with Crippen LogP contribution in [0.25, 0.3) is 10.2 Å². The van der Waals surface area contributed by atoms with Gasteiger partial charge in [0.05, 0.1) is 10.2 Å². The number of carbonyl (C=O) groups is 1. The number of carbonyl (C=O) groups excluding carboxylic acids is 1. The van der Waals surface area contributed by atoms with Gasteiger partial charge in [-0.15, -0.1) is 11.3 Å². The molecule has 1 saturated heterocycles. The number of thiophene rings is 1. The average Bonchev–Trinajstić information content (AvgIpc) is 3.47. The highest BCUT2D eigenvalue weighted by atomic mass is 32.2. The third-order valence-corrected chi connectivity index (χ3v) is 10.5. The van der Waals surface area contributed by atoms with Crippen LogP contribution in [0.3, 0.4) is 0 Å². The van der Waals surface area contributed by atoms with Gasteiger partial charge in [-0.3, -0.25) is 9.69 Å². The van der Waals surface area contributed by atoms with Gasteiger partial charge in [-0.25, -0.2) is 13.4 Å². The summed E-state index contributed by atoms with van der Waals surface area (Å²) in [6, 6.07) is 6.73. The zero-order chi connectivity index (χ0) is 23.8. The summed E-state index contributed by atoms with van der Waals surface area (Å²) in [6.07, 6.45) is 2.10. The molecule has 0 saturated carbocycles. The lowest BCUT2D eigenvalue weighted by molar-refractivity contribution is -0.123. The number of hydrogen-bond donors (Lipinski definition) is 0. The second-order valence-electron chi connectivity index (χ2n) is 8.70. The molecule has 178 valence electrons. The molecule has 4 rings (SSSR count). The molecule has 1 unspecified atom stereocenters. The molecular formula is C23H30N4O3S3. The first kappa shape index (κ1) is 24.3. The maximum absolute atomic E-state index is 13.9. The van der Waals surface area contributed by atoms with Crippen molar-refractivity contribution in [2.24, 2.45) is 0 Å². The Kier molecular flexibility index (Phi) is 7.20. The van der Waals surface area contributed by atoms with E-state index in [0.717, 1.165) is 34.2 Å². The molecule has 1 atom stereocenters. The van der Waals surface area contributed by atoms with Crippen molar-refractivity contribution in [2.45, 2.75) is 43.4 Å². The van der Waals surface area contributed by atoms with Crippen molar-refractivity contribution in [3.63, 3.8) is 0 Å². The SMILES string of the molecule is Cc1ccc2sc(N(CCN(C)C)C(=O)C3CCCCN3S(=O)(=O)c3cccs3)nc2c1C. The van der Waals surface area contributed by atoms with Gasteiger partial charge in [-0.05, 0) is 69.4 Å². The Morgan fingerprint density at radius 3 is 2.67 bits per heavy atom. The number of piperidine rings is 1. The Morgan fingerprint density at radius 1 is 1.18 bits per heavy atom. The molecule has 0 bridgehead atoms. The lowest BCUT2D eigenvalue weighted by Gasteiger charge is -2.36. The summed E-state index contributed by atoms with van der Waals surface area (Å²) in [7, 11) is 0.202. The molecule has 3 heterocycles. The van der Waals surface area contributed by atoms with E-state index in [1.54, 1.807) is 22.4 Å². The van der Waals surface area contributed by atoms with Crippen molar-refractivity contribution in [1.82, 2.24) is 14.2 Å². The minimum atomic E-state index is -3.72. The first-order valence-corrected chi connectivity index (χ1v) is 14.2. The van der Waals surface area contributed by atoms with E-state index in [2.05, 4.69) is 13.0 Å². The second-order valence-corrected chi connectivity index (χ2v) is 12.8. The lowest BCUT2D eigenvalue weighted by atomic mass is 10.0. The summed E-state index contributed by atoms with van der Waals surface area (Å²) in [5.41, 5.74) is 3.17. The second kappa shape index (κ2) is 9.79. The Morgan fingerprint density at radius 2 is 1.97 bits per heavy atom. The monoisotopic (exact) mass is 506 g/mol. The normalized spacial score (nSPS) is 17.7. The van der Waals surface area contributed by atoms with Crippen molar-refractivity contribution in [1.29, 1.82) is 0 Å². The van der Waals surface area contributed by atoms with Crippen LogP contribution in [-0.2, 0) is 14.8 Å². The van der Waals surface area contributed by atoms with E-state index in [-0.39, 0.29) is 10.1 Å². The maximum Gasteiger partial charge on any atom is 0.253 e. The number of aromatic nitrogens is 1. The molecule has 0 aliphatic carbocycles. The molecule has 3 aromatic rings. The van der Waals surface area contributed by atoms with E-state index >= 15 is 0 Å². The minimum Gasteiger partial charge on any atom is -0.308 e. The number of amides is 1. The lowest BCUT2D eigenvalue weighted by Crippen LogP contribution is -2.53. The first-order chi connectivity index (χ1) is 15.7. The molecule has 1 amide bonds. The van der Waals surface area contributed by atoms with Gasteiger partial charge >= 0.3 is 0 Å². The fraction of sp³-hybridized carbons (Fsp3) is 0.478. The summed E-state index contributed by atoms with van der Waals surface area (Å²) in [5.74, 6) is -0.190. The smallest absolute Gasteiger partial charge is 0.253 e. The maximum atomic E-state index is 13.9. The largest absolute Gasteiger partial charge is 0.308 e. The summed E-state index contributed by atoms with van der Waals surface area (Å²) in [4.78, 5) is 22.5. The number of aryl methyl sites for hydroxylation is 2. The van der Waals surface area contributed by atoms with Crippen molar-refractivity contribution >= 4 is 54.0 Å². The first-order valence-electron chi connectivity index (χ1n) is 11.1. The molecular weight excluding hydrogens is 476 g/mol. The molecule has 0 N–H and O–H groups in total. The van der Waals surface area contributed by atoms with Crippen LogP contribution < -0.4 is 4.90 Å². The molecule has 7 nitrogen and oxygen atoms in total. The summed E-state index contributed by atoms with van der Waals surface area (Å²) in [5, 5.41) is 2.38. The number of nitrogens with zero attached hydrogens (tertiary/aromatic N) is 4. The van der Waals surface area contributed by atoms with E-state index in [9.17, 15) is 13.2 Å². The quantitative estimate of drug-likeness (QED) is 0.482. The van der Waals surface area contributed by atoms with Crippen LogP contribution in [0.15, 0.2) is 33.9 Å². The molecule has 0 spiro atoms. The van der Waals surface area contributed by atoms with Crippen molar-refractivity contribution in [2.75, 3.05) is 38.6 Å². The number of sulfonamides is 1. The number of fused-ring (bicyclic) bond motifs is 1. The van der Waals surface area contributed by atoms with Crippen molar-refractivity contribution in [3.05, 3.63) is 40.8 Å². The van der Waals surface area contributed by atoms with Gasteiger partial charge in [0.25, 0.3) is 10.0 Å². The van der Waals surface area contributed by atoms with Gasteiger partial charge in [0.15, 0.2) is 5.13 Å². The molecule has 10 heteroatoms. The molecule has 33 heavy (non-hydrogen) atoms. The Hall–Kier alpha value is -1.85. The van der Waals surface area contributed by atoms with Gasteiger partial charge in [0, 0.05) is 19.6 Å². The molecule has 1 fully saturated rings. The van der Waals surface area contributed by atoms with Gasteiger partial charge in [-0.1, -0.05) is 29.9 Å². The average molecular weight is 507 g/mol. The Labute approximate surface area is 203 Å². The summed E-state index contributed by atoms with van der Waals surface area (Å²) >= 11 is 2.68. The summed E-state index contributed by atoms with van der Waals surface area (Å²) < 4.78 is 29.4. The number of thiazole rings is 1. The van der Waals surface area contributed by atoms with Crippen LogP contribution in [0.2, 0.25) is 0 Å². The van der Waals surface area contributed by atoms with E-state index < -0.39 is 16.1 Å². The van der Waals surface area contributed by atoms with Crippen molar-refractivity contribution < 1.29 is 13.2 Å². The van der Waals surface area contributed by atoms with E-state index in [4.69, 9.17) is 4.98 Å². The minimum absolute atomic E-state index is 0.190. The number of rotatable bonds is 7. The third kappa shape index (κ3) is 4.85. The highest BCUT2D eigenvalue weighted by molar-refractivity contribution is 7.91. The van der Waals surface area contributed by atoms with Crippen LogP contribution in [0.4, 0.5) is 5.13 Å². The van der Waals surface area contributed by atoms with Crippen LogP contribution in [0, 0.1) is 13.8 Å². The summed E-state index contributed by atoms with van der Waals surface area (Å²) in [6.45, 7) is 5.56. The molecule has 1 aromatic carbocycles. The van der Waals surface area contributed by atoms with Gasteiger partial charge in [0.2, 0.25) is 5.91 Å².